The summed E-state index contributed by atoms with van der Waals surface area (Å²) in [6.07, 6.45) is 5.19. The van der Waals surface area contributed by atoms with Crippen molar-refractivity contribution in [2.24, 2.45) is 17.8 Å². The fourth-order valence-electron chi connectivity index (χ4n) is 3.09. The highest BCUT2D eigenvalue weighted by molar-refractivity contribution is 5.75. The van der Waals surface area contributed by atoms with Crippen molar-refractivity contribution in [3.63, 3.8) is 0 Å². The van der Waals surface area contributed by atoms with E-state index >= 15 is 0 Å². The molecular formula is C9H12O2. The van der Waals surface area contributed by atoms with Gasteiger partial charge in [-0.05, 0) is 31.6 Å². The van der Waals surface area contributed by atoms with Crippen LogP contribution in [0.1, 0.15) is 25.7 Å². The Morgan fingerprint density at radius 2 is 2.18 bits per heavy atom. The third-order valence-corrected chi connectivity index (χ3v) is 3.63. The van der Waals surface area contributed by atoms with Crippen LogP contribution < -0.4 is 0 Å². The van der Waals surface area contributed by atoms with Gasteiger partial charge in [0, 0.05) is 5.92 Å². The summed E-state index contributed by atoms with van der Waals surface area (Å²) in [6.45, 7) is 0. The summed E-state index contributed by atoms with van der Waals surface area (Å²) < 4.78 is 5.28. The van der Waals surface area contributed by atoms with Crippen molar-refractivity contribution in [1.29, 1.82) is 0 Å². The van der Waals surface area contributed by atoms with Crippen LogP contribution in [0.2, 0.25) is 0 Å². The van der Waals surface area contributed by atoms with E-state index in [0.717, 1.165) is 18.8 Å². The van der Waals surface area contributed by atoms with Crippen LogP contribution in [0.3, 0.4) is 0 Å². The van der Waals surface area contributed by atoms with Gasteiger partial charge in [0.2, 0.25) is 0 Å². The minimum atomic E-state index is 0.0993. The number of rotatable bonds is 0. The normalized spacial score (nSPS) is 52.9. The summed E-state index contributed by atoms with van der Waals surface area (Å²) in [5.41, 5.74) is 0. The van der Waals surface area contributed by atoms with E-state index < -0.39 is 0 Å². The molecule has 4 fully saturated rings. The van der Waals surface area contributed by atoms with Gasteiger partial charge in [0.05, 0.1) is 5.92 Å². The highest BCUT2D eigenvalue weighted by Crippen LogP contribution is 2.50. The summed E-state index contributed by atoms with van der Waals surface area (Å²) in [7, 11) is 0. The van der Waals surface area contributed by atoms with Crippen LogP contribution in [0, 0.1) is 17.8 Å². The Balaban J connectivity index is 1.99. The number of fused-ring (bicyclic) bond motifs is 1. The molecule has 3 saturated carbocycles. The molecule has 4 bridgehead atoms. The SMILES string of the molecule is O=C1O[C@@H]2C[C@H]3CC[C@@H]2[C@@H]1C3. The number of hydrogen-bond acceptors (Lipinski definition) is 2. The smallest absolute Gasteiger partial charge is 0.309 e. The molecule has 0 unspecified atom stereocenters. The summed E-state index contributed by atoms with van der Waals surface area (Å²) in [4.78, 5) is 11.2. The summed E-state index contributed by atoms with van der Waals surface area (Å²) in [5, 5.41) is 0. The number of esters is 1. The molecule has 1 aliphatic heterocycles. The highest BCUT2D eigenvalue weighted by Gasteiger charge is 2.52. The van der Waals surface area contributed by atoms with Gasteiger partial charge in [0.25, 0.3) is 0 Å². The zero-order valence-corrected chi connectivity index (χ0v) is 6.45. The summed E-state index contributed by atoms with van der Waals surface area (Å²) >= 11 is 0. The lowest BCUT2D eigenvalue weighted by Crippen LogP contribution is -2.36. The average Bonchev–Trinajstić information content (AvgIpc) is 2.25. The molecular weight excluding hydrogens is 140 g/mol. The number of hydrogen-bond donors (Lipinski definition) is 0. The van der Waals surface area contributed by atoms with Crippen molar-refractivity contribution >= 4 is 5.97 Å². The van der Waals surface area contributed by atoms with Crippen LogP contribution in [0.15, 0.2) is 0 Å². The molecule has 2 heteroatoms. The zero-order chi connectivity index (χ0) is 7.42. The molecule has 4 atom stereocenters. The molecule has 4 rings (SSSR count). The Morgan fingerprint density at radius 1 is 1.27 bits per heavy atom. The average molecular weight is 152 g/mol. The summed E-state index contributed by atoms with van der Waals surface area (Å²) in [6, 6.07) is 0. The van der Waals surface area contributed by atoms with Crippen molar-refractivity contribution in [3.8, 4) is 0 Å². The molecule has 0 N–H and O–H groups in total. The van der Waals surface area contributed by atoms with Crippen molar-refractivity contribution < 1.29 is 9.53 Å². The first-order valence-corrected chi connectivity index (χ1v) is 4.55. The quantitative estimate of drug-likeness (QED) is 0.490. The minimum Gasteiger partial charge on any atom is -0.462 e. The predicted octanol–water partition coefficient (Wildman–Crippen LogP) is 1.35. The molecule has 1 saturated heterocycles. The van der Waals surface area contributed by atoms with E-state index in [0.29, 0.717) is 17.9 Å². The molecule has 3 aliphatic carbocycles. The molecule has 0 spiro atoms. The third kappa shape index (κ3) is 0.652. The number of ether oxygens (including phenoxy) is 1. The van der Waals surface area contributed by atoms with Crippen LogP contribution in [-0.2, 0) is 9.53 Å². The van der Waals surface area contributed by atoms with Crippen molar-refractivity contribution in [2.75, 3.05) is 0 Å². The van der Waals surface area contributed by atoms with Gasteiger partial charge >= 0.3 is 5.97 Å². The van der Waals surface area contributed by atoms with E-state index in [1.807, 2.05) is 0 Å². The molecule has 0 aromatic heterocycles. The summed E-state index contributed by atoms with van der Waals surface area (Å²) in [5.74, 6) is 1.81. The first-order chi connectivity index (χ1) is 5.34. The van der Waals surface area contributed by atoms with Crippen LogP contribution in [0.4, 0.5) is 0 Å². The molecule has 2 nitrogen and oxygen atoms in total. The van der Waals surface area contributed by atoms with Gasteiger partial charge in [-0.1, -0.05) is 0 Å². The van der Waals surface area contributed by atoms with Crippen LogP contribution >= 0.6 is 0 Å². The molecule has 0 amide bonds. The van der Waals surface area contributed by atoms with E-state index in [2.05, 4.69) is 0 Å². The Hall–Kier alpha value is -0.530. The Bertz CT molecular complexity index is 212. The Morgan fingerprint density at radius 3 is 2.82 bits per heavy atom. The second-order valence-corrected chi connectivity index (χ2v) is 4.16. The van der Waals surface area contributed by atoms with Gasteiger partial charge < -0.3 is 4.74 Å². The number of carbonyl (C=O) groups is 1. The van der Waals surface area contributed by atoms with Gasteiger partial charge in [-0.25, -0.2) is 0 Å². The van der Waals surface area contributed by atoms with Crippen LogP contribution in [0.25, 0.3) is 0 Å². The minimum absolute atomic E-state index is 0.0993. The lowest BCUT2D eigenvalue weighted by Gasteiger charge is -2.38. The lowest BCUT2D eigenvalue weighted by atomic mass is 9.65. The van der Waals surface area contributed by atoms with E-state index in [-0.39, 0.29) is 5.97 Å². The number of carbonyl (C=O) groups excluding carboxylic acids is 1. The van der Waals surface area contributed by atoms with E-state index in [9.17, 15) is 4.79 Å². The maximum Gasteiger partial charge on any atom is 0.309 e. The van der Waals surface area contributed by atoms with Gasteiger partial charge in [-0.3, -0.25) is 4.79 Å². The van der Waals surface area contributed by atoms with E-state index in [1.54, 1.807) is 0 Å². The van der Waals surface area contributed by atoms with E-state index in [1.165, 1.54) is 12.8 Å². The topological polar surface area (TPSA) is 26.3 Å². The predicted molar refractivity (Wildman–Crippen MR) is 38.8 cm³/mol. The zero-order valence-electron chi connectivity index (χ0n) is 6.45. The fraction of sp³-hybridized carbons (Fsp3) is 0.889. The second-order valence-electron chi connectivity index (χ2n) is 4.16. The Kier molecular flexibility index (Phi) is 0.984. The molecule has 11 heavy (non-hydrogen) atoms. The standard InChI is InChI=1S/C9H12O2/c10-9-7-3-5-1-2-6(7)8(4-5)11-9/h5-8H,1-4H2/t5-,6+,7-,8+/m0/s1. The van der Waals surface area contributed by atoms with E-state index in [4.69, 9.17) is 4.74 Å². The van der Waals surface area contributed by atoms with Gasteiger partial charge in [0.1, 0.15) is 6.10 Å². The van der Waals surface area contributed by atoms with Gasteiger partial charge in [-0.2, -0.15) is 0 Å². The van der Waals surface area contributed by atoms with Gasteiger partial charge in [0.15, 0.2) is 0 Å². The van der Waals surface area contributed by atoms with Crippen molar-refractivity contribution in [3.05, 3.63) is 0 Å². The molecule has 1 heterocycles. The monoisotopic (exact) mass is 152 g/mol. The molecule has 4 aliphatic rings. The molecule has 60 valence electrons. The third-order valence-electron chi connectivity index (χ3n) is 3.63. The second kappa shape index (κ2) is 1.79. The van der Waals surface area contributed by atoms with Crippen molar-refractivity contribution in [2.45, 2.75) is 31.8 Å². The molecule has 0 radical (unpaired) electrons. The first kappa shape index (κ1) is 6.04. The van der Waals surface area contributed by atoms with Crippen LogP contribution in [0.5, 0.6) is 0 Å². The molecule has 0 aromatic carbocycles. The maximum atomic E-state index is 11.2. The first-order valence-electron chi connectivity index (χ1n) is 4.55. The highest BCUT2D eigenvalue weighted by atomic mass is 16.6. The van der Waals surface area contributed by atoms with Crippen molar-refractivity contribution in [1.82, 2.24) is 0 Å². The largest absolute Gasteiger partial charge is 0.462 e. The van der Waals surface area contributed by atoms with Gasteiger partial charge in [-0.15, -0.1) is 0 Å². The fourth-order valence-corrected chi connectivity index (χ4v) is 3.09. The lowest BCUT2D eigenvalue weighted by molar-refractivity contribution is -0.143. The Labute approximate surface area is 65.9 Å². The maximum absolute atomic E-state index is 11.2. The van der Waals surface area contributed by atoms with Crippen LogP contribution in [-0.4, -0.2) is 12.1 Å². The molecule has 0 aromatic rings.